The molecule has 0 atom stereocenters. The van der Waals surface area contributed by atoms with Gasteiger partial charge in [-0.25, -0.2) is 4.39 Å². The average molecular weight is 350 g/mol. The molecule has 7 heteroatoms. The molecule has 1 heterocycles. The van der Waals surface area contributed by atoms with E-state index >= 15 is 0 Å². The number of amides is 2. The van der Waals surface area contributed by atoms with Crippen LogP contribution >= 0.6 is 0 Å². The van der Waals surface area contributed by atoms with E-state index in [1.165, 1.54) is 12.1 Å². The quantitative estimate of drug-likeness (QED) is 0.795. The topological polar surface area (TPSA) is 55.9 Å². The Labute approximate surface area is 148 Å². The van der Waals surface area contributed by atoms with Crippen LogP contribution in [0.5, 0.6) is 0 Å². The number of anilines is 1. The number of benzene rings is 1. The zero-order chi connectivity index (χ0) is 18.2. The Hall–Kier alpha value is -2.15. The zero-order valence-corrected chi connectivity index (χ0v) is 15.0. The third-order valence-electron chi connectivity index (χ3n) is 4.37. The molecule has 1 saturated heterocycles. The molecule has 1 N–H and O–H groups in total. The molecule has 1 aliphatic rings. The number of rotatable bonds is 7. The standard InChI is InChI=1S/C18H27FN4O2/c1-3-20-17(24)13-22(4-2)18(25)14-21-9-11-23(12-10-21)16-7-5-15(19)6-8-16/h5-8H,3-4,9-14H2,1-2H3,(H,20,24). The highest BCUT2D eigenvalue weighted by molar-refractivity contribution is 5.85. The van der Waals surface area contributed by atoms with Crippen molar-refractivity contribution < 1.29 is 14.0 Å². The summed E-state index contributed by atoms with van der Waals surface area (Å²) in [5.41, 5.74) is 0.999. The minimum Gasteiger partial charge on any atom is -0.369 e. The van der Waals surface area contributed by atoms with Crippen LogP contribution in [0, 0.1) is 5.82 Å². The first-order chi connectivity index (χ1) is 12.0. The maximum absolute atomic E-state index is 13.0. The Kier molecular flexibility index (Phi) is 7.18. The van der Waals surface area contributed by atoms with Crippen molar-refractivity contribution in [1.29, 1.82) is 0 Å². The third-order valence-corrected chi connectivity index (χ3v) is 4.37. The van der Waals surface area contributed by atoms with Gasteiger partial charge in [0.1, 0.15) is 5.82 Å². The maximum atomic E-state index is 13.0. The molecule has 0 radical (unpaired) electrons. The Morgan fingerprint density at radius 1 is 1.12 bits per heavy atom. The number of carbonyl (C=O) groups is 2. The lowest BCUT2D eigenvalue weighted by atomic mass is 10.2. The molecule has 1 fully saturated rings. The highest BCUT2D eigenvalue weighted by Crippen LogP contribution is 2.16. The number of carbonyl (C=O) groups excluding carboxylic acids is 2. The summed E-state index contributed by atoms with van der Waals surface area (Å²) in [4.78, 5) is 30.0. The molecular formula is C18H27FN4O2. The fraction of sp³-hybridized carbons (Fsp3) is 0.556. The molecule has 0 aliphatic carbocycles. The number of halogens is 1. The first kappa shape index (κ1) is 19.2. The molecule has 6 nitrogen and oxygen atoms in total. The largest absolute Gasteiger partial charge is 0.369 e. The fourth-order valence-corrected chi connectivity index (χ4v) is 2.91. The third kappa shape index (κ3) is 5.70. The molecule has 2 rings (SSSR count). The molecule has 138 valence electrons. The van der Waals surface area contributed by atoms with E-state index in [0.717, 1.165) is 31.9 Å². The van der Waals surface area contributed by atoms with Gasteiger partial charge in [-0.3, -0.25) is 14.5 Å². The van der Waals surface area contributed by atoms with Crippen LogP contribution in [-0.4, -0.2) is 74.0 Å². The number of hydrogen-bond donors (Lipinski definition) is 1. The van der Waals surface area contributed by atoms with Crippen LogP contribution in [0.15, 0.2) is 24.3 Å². The number of hydrogen-bond acceptors (Lipinski definition) is 4. The van der Waals surface area contributed by atoms with Crippen molar-refractivity contribution in [2.24, 2.45) is 0 Å². The lowest BCUT2D eigenvalue weighted by molar-refractivity contribution is -0.136. The van der Waals surface area contributed by atoms with Gasteiger partial charge in [0.2, 0.25) is 11.8 Å². The van der Waals surface area contributed by atoms with Crippen molar-refractivity contribution in [1.82, 2.24) is 15.1 Å². The van der Waals surface area contributed by atoms with Crippen LogP contribution in [0.2, 0.25) is 0 Å². The monoisotopic (exact) mass is 350 g/mol. The summed E-state index contributed by atoms with van der Waals surface area (Å²) in [5, 5.41) is 2.72. The van der Waals surface area contributed by atoms with E-state index in [9.17, 15) is 14.0 Å². The van der Waals surface area contributed by atoms with Crippen LogP contribution in [0.25, 0.3) is 0 Å². The first-order valence-electron chi connectivity index (χ1n) is 8.80. The van der Waals surface area contributed by atoms with Crippen molar-refractivity contribution >= 4 is 17.5 Å². The Balaban J connectivity index is 1.81. The Morgan fingerprint density at radius 2 is 1.76 bits per heavy atom. The number of piperazine rings is 1. The predicted octanol–water partition coefficient (Wildman–Crippen LogP) is 0.932. The molecule has 1 aromatic rings. The molecule has 0 bridgehead atoms. The molecule has 0 saturated carbocycles. The van der Waals surface area contributed by atoms with E-state index in [1.807, 2.05) is 13.8 Å². The zero-order valence-electron chi connectivity index (χ0n) is 15.0. The highest BCUT2D eigenvalue weighted by atomic mass is 19.1. The van der Waals surface area contributed by atoms with Gasteiger partial charge in [-0.15, -0.1) is 0 Å². The molecule has 25 heavy (non-hydrogen) atoms. The van der Waals surface area contributed by atoms with E-state index in [4.69, 9.17) is 0 Å². The fourth-order valence-electron chi connectivity index (χ4n) is 2.91. The van der Waals surface area contributed by atoms with Crippen molar-refractivity contribution in [2.45, 2.75) is 13.8 Å². The SMILES string of the molecule is CCNC(=O)CN(CC)C(=O)CN1CCN(c2ccc(F)cc2)CC1. The highest BCUT2D eigenvalue weighted by Gasteiger charge is 2.22. The summed E-state index contributed by atoms with van der Waals surface area (Å²) in [7, 11) is 0. The summed E-state index contributed by atoms with van der Waals surface area (Å²) in [6.07, 6.45) is 0. The van der Waals surface area contributed by atoms with E-state index in [-0.39, 0.29) is 24.2 Å². The van der Waals surface area contributed by atoms with Crippen LogP contribution in [-0.2, 0) is 9.59 Å². The minimum absolute atomic E-state index is 0.0241. The lowest BCUT2D eigenvalue weighted by Gasteiger charge is -2.36. The lowest BCUT2D eigenvalue weighted by Crippen LogP contribution is -2.51. The van der Waals surface area contributed by atoms with Gasteiger partial charge in [0.15, 0.2) is 0 Å². The molecule has 0 unspecified atom stereocenters. The van der Waals surface area contributed by atoms with Gasteiger partial charge in [0, 0.05) is 45.0 Å². The van der Waals surface area contributed by atoms with Gasteiger partial charge < -0.3 is 15.1 Å². The van der Waals surface area contributed by atoms with E-state index < -0.39 is 0 Å². The second-order valence-electron chi connectivity index (χ2n) is 6.10. The van der Waals surface area contributed by atoms with Crippen molar-refractivity contribution in [3.63, 3.8) is 0 Å². The van der Waals surface area contributed by atoms with Gasteiger partial charge in [0.05, 0.1) is 13.1 Å². The van der Waals surface area contributed by atoms with Crippen molar-refractivity contribution in [3.8, 4) is 0 Å². The smallest absolute Gasteiger partial charge is 0.239 e. The summed E-state index contributed by atoms with van der Waals surface area (Å²) in [5.74, 6) is -0.387. The number of likely N-dealkylation sites (N-methyl/N-ethyl adjacent to an activating group) is 2. The van der Waals surface area contributed by atoms with Gasteiger partial charge in [-0.2, -0.15) is 0 Å². The van der Waals surface area contributed by atoms with Gasteiger partial charge in [-0.1, -0.05) is 0 Å². The number of nitrogens with zero attached hydrogens (tertiary/aromatic N) is 3. The number of nitrogens with one attached hydrogen (secondary N) is 1. The average Bonchev–Trinajstić information content (AvgIpc) is 2.61. The van der Waals surface area contributed by atoms with E-state index in [1.54, 1.807) is 17.0 Å². The molecular weight excluding hydrogens is 323 g/mol. The van der Waals surface area contributed by atoms with Crippen LogP contribution in [0.4, 0.5) is 10.1 Å². The Morgan fingerprint density at radius 3 is 2.32 bits per heavy atom. The van der Waals surface area contributed by atoms with Gasteiger partial charge in [-0.05, 0) is 38.1 Å². The molecule has 0 aromatic heterocycles. The molecule has 0 spiro atoms. The van der Waals surface area contributed by atoms with Gasteiger partial charge in [0.25, 0.3) is 0 Å². The van der Waals surface area contributed by atoms with Crippen molar-refractivity contribution in [2.75, 3.05) is 57.3 Å². The maximum Gasteiger partial charge on any atom is 0.239 e. The second-order valence-corrected chi connectivity index (χ2v) is 6.10. The van der Waals surface area contributed by atoms with Crippen LogP contribution in [0.1, 0.15) is 13.8 Å². The van der Waals surface area contributed by atoms with Gasteiger partial charge >= 0.3 is 0 Å². The normalized spacial score (nSPS) is 15.1. The minimum atomic E-state index is -0.236. The second kappa shape index (κ2) is 9.36. The van der Waals surface area contributed by atoms with E-state index in [0.29, 0.717) is 19.6 Å². The predicted molar refractivity (Wildman–Crippen MR) is 96.0 cm³/mol. The van der Waals surface area contributed by atoms with Crippen LogP contribution in [0.3, 0.4) is 0 Å². The molecule has 2 amide bonds. The Bertz CT molecular complexity index is 571. The van der Waals surface area contributed by atoms with Crippen LogP contribution < -0.4 is 10.2 Å². The molecule has 1 aliphatic heterocycles. The first-order valence-corrected chi connectivity index (χ1v) is 8.80. The summed E-state index contributed by atoms with van der Waals surface area (Å²) in [6.45, 7) is 8.37. The summed E-state index contributed by atoms with van der Waals surface area (Å²) in [6, 6.07) is 6.49. The molecule has 1 aromatic carbocycles. The van der Waals surface area contributed by atoms with E-state index in [2.05, 4.69) is 15.1 Å². The van der Waals surface area contributed by atoms with Crippen molar-refractivity contribution in [3.05, 3.63) is 30.1 Å². The summed E-state index contributed by atoms with van der Waals surface area (Å²) < 4.78 is 13.0. The summed E-state index contributed by atoms with van der Waals surface area (Å²) >= 11 is 0.